The van der Waals surface area contributed by atoms with Crippen LogP contribution < -0.4 is 10.5 Å². The second kappa shape index (κ2) is 14.6. The van der Waals surface area contributed by atoms with Gasteiger partial charge in [0.25, 0.3) is 6.01 Å². The molecule has 9 nitrogen and oxygen atoms in total. The average molecular weight is 713 g/mol. The highest BCUT2D eigenvalue weighted by molar-refractivity contribution is 6.02. The van der Waals surface area contributed by atoms with Gasteiger partial charge in [-0.15, -0.1) is 0 Å². The fourth-order valence-corrected chi connectivity index (χ4v) is 7.37. The Labute approximate surface area is 311 Å². The van der Waals surface area contributed by atoms with E-state index in [1.807, 2.05) is 157 Å². The zero-order valence-electron chi connectivity index (χ0n) is 29.8. The highest BCUT2D eigenvalue weighted by Crippen LogP contribution is 2.43. The van der Waals surface area contributed by atoms with Gasteiger partial charge in [0.15, 0.2) is 5.82 Å². The summed E-state index contributed by atoms with van der Waals surface area (Å²) in [7, 11) is 1.37. The Morgan fingerprint density at radius 1 is 0.704 bits per heavy atom. The van der Waals surface area contributed by atoms with Crippen LogP contribution in [0, 0.1) is 0 Å². The van der Waals surface area contributed by atoms with Gasteiger partial charge in [-0.05, 0) is 52.4 Å². The number of aromatic nitrogens is 4. The molecule has 6 aromatic carbocycles. The molecule has 0 saturated heterocycles. The van der Waals surface area contributed by atoms with Crippen LogP contribution >= 0.6 is 0 Å². The SMILES string of the molecule is CCOc1nc2cccc(C(=O)OC)c2n1Cc1ccc(-c2ccccc2-c2noc(=O)n2C(c2ccccc2)(c2ccccc2)c2ccccc2)cc1. The van der Waals surface area contributed by atoms with Gasteiger partial charge in [-0.1, -0.05) is 151 Å². The summed E-state index contributed by atoms with van der Waals surface area (Å²) in [4.78, 5) is 31.6. The number of benzene rings is 6. The lowest BCUT2D eigenvalue weighted by Crippen LogP contribution is -2.43. The zero-order chi connectivity index (χ0) is 37.1. The van der Waals surface area contributed by atoms with E-state index in [-0.39, 0.29) is 0 Å². The van der Waals surface area contributed by atoms with E-state index in [4.69, 9.17) is 14.0 Å². The van der Waals surface area contributed by atoms with Crippen LogP contribution in [0.4, 0.5) is 0 Å². The number of carbonyl (C=O) groups excluding carboxylic acids is 1. The first-order chi connectivity index (χ1) is 26.5. The number of nitrogens with zero attached hydrogens (tertiary/aromatic N) is 4. The van der Waals surface area contributed by atoms with Gasteiger partial charge in [-0.3, -0.25) is 9.09 Å². The summed E-state index contributed by atoms with van der Waals surface area (Å²) in [5.41, 5.74) is 6.68. The van der Waals surface area contributed by atoms with Gasteiger partial charge in [0.05, 0.1) is 36.9 Å². The van der Waals surface area contributed by atoms with Crippen LogP contribution in [0.2, 0.25) is 0 Å². The van der Waals surface area contributed by atoms with E-state index in [1.54, 1.807) is 16.7 Å². The third kappa shape index (κ3) is 5.85. The first-order valence-electron chi connectivity index (χ1n) is 17.7. The van der Waals surface area contributed by atoms with Crippen LogP contribution in [-0.4, -0.2) is 39.0 Å². The summed E-state index contributed by atoms with van der Waals surface area (Å²) >= 11 is 0. The van der Waals surface area contributed by atoms with E-state index in [1.165, 1.54) is 7.11 Å². The first-order valence-corrected chi connectivity index (χ1v) is 17.7. The summed E-state index contributed by atoms with van der Waals surface area (Å²) in [6, 6.07) is 51.7. The second-order valence-corrected chi connectivity index (χ2v) is 12.7. The number of rotatable bonds is 11. The van der Waals surface area contributed by atoms with Crippen molar-refractivity contribution in [1.29, 1.82) is 0 Å². The topological polar surface area (TPSA) is 101 Å². The number of hydrogen-bond acceptors (Lipinski definition) is 7. The van der Waals surface area contributed by atoms with Crippen molar-refractivity contribution in [1.82, 2.24) is 19.3 Å². The molecule has 0 unspecified atom stereocenters. The van der Waals surface area contributed by atoms with Crippen LogP contribution in [0.15, 0.2) is 167 Å². The summed E-state index contributed by atoms with van der Waals surface area (Å²) in [6.07, 6.45) is 0. The van der Waals surface area contributed by atoms with Crippen molar-refractivity contribution in [2.75, 3.05) is 13.7 Å². The maximum atomic E-state index is 14.2. The molecule has 8 rings (SSSR count). The lowest BCUT2D eigenvalue weighted by Gasteiger charge is -2.37. The molecule has 54 heavy (non-hydrogen) atoms. The standard InChI is InChI=1S/C45H36N4O5/c1-3-53-43-46-39-25-15-24-38(42(50)52-2)40(39)48(43)30-31-26-28-32(29-27-31)36-22-13-14-23-37(36)41-47-54-44(51)49(41)45(33-16-7-4-8-17-33,34-18-9-5-10-19-34)35-20-11-6-12-21-35/h4-29H,3,30H2,1-2H3. The molecule has 0 radical (unpaired) electrons. The largest absolute Gasteiger partial charge is 0.465 e. The third-order valence-corrected chi connectivity index (χ3v) is 9.70. The highest BCUT2D eigenvalue weighted by Gasteiger charge is 2.43. The first kappa shape index (κ1) is 34.1. The Hall–Kier alpha value is -7.00. The minimum Gasteiger partial charge on any atom is -0.465 e. The number of hydrogen-bond donors (Lipinski definition) is 0. The molecule has 0 aliphatic heterocycles. The van der Waals surface area contributed by atoms with E-state index in [0.29, 0.717) is 41.6 Å². The van der Waals surface area contributed by atoms with Crippen molar-refractivity contribution in [2.45, 2.75) is 19.0 Å². The van der Waals surface area contributed by atoms with Gasteiger partial charge in [0.1, 0.15) is 5.54 Å². The molecule has 9 heteroatoms. The Bertz CT molecular complexity index is 2510. The molecule has 0 N–H and O–H groups in total. The summed E-state index contributed by atoms with van der Waals surface area (Å²) in [5.74, 6) is -0.646. The molecule has 0 amide bonds. The summed E-state index contributed by atoms with van der Waals surface area (Å²) in [5, 5.41) is 4.48. The van der Waals surface area contributed by atoms with E-state index in [0.717, 1.165) is 38.9 Å². The Balaban J connectivity index is 1.26. The minimum absolute atomic E-state index is 0.387. The molecule has 0 spiro atoms. The Morgan fingerprint density at radius 2 is 1.28 bits per heavy atom. The van der Waals surface area contributed by atoms with Crippen molar-refractivity contribution in [3.8, 4) is 28.5 Å². The molecule has 8 aromatic rings. The molecule has 2 heterocycles. The molecular formula is C45H36N4O5. The molecule has 266 valence electrons. The molecular weight excluding hydrogens is 677 g/mol. The Morgan fingerprint density at radius 3 is 1.85 bits per heavy atom. The summed E-state index contributed by atoms with van der Waals surface area (Å²) < 4.78 is 20.2. The predicted molar refractivity (Wildman–Crippen MR) is 208 cm³/mol. The molecule has 0 saturated carbocycles. The van der Waals surface area contributed by atoms with Crippen LogP contribution in [0.3, 0.4) is 0 Å². The maximum absolute atomic E-state index is 14.2. The third-order valence-electron chi connectivity index (χ3n) is 9.70. The normalized spacial score (nSPS) is 11.4. The molecule has 0 aliphatic rings. The number of para-hydroxylation sites is 1. The van der Waals surface area contributed by atoms with Crippen molar-refractivity contribution in [3.63, 3.8) is 0 Å². The quantitative estimate of drug-likeness (QED) is 0.0978. The van der Waals surface area contributed by atoms with Gasteiger partial charge in [0, 0.05) is 5.56 Å². The fraction of sp³-hybridized carbons (Fsp3) is 0.111. The van der Waals surface area contributed by atoms with Gasteiger partial charge < -0.3 is 9.47 Å². The van der Waals surface area contributed by atoms with Crippen LogP contribution in [-0.2, 0) is 16.8 Å². The number of methoxy groups -OCH3 is 1. The highest BCUT2D eigenvalue weighted by atomic mass is 16.5. The Kier molecular flexibility index (Phi) is 9.19. The van der Waals surface area contributed by atoms with Crippen molar-refractivity contribution >= 4 is 17.0 Å². The monoisotopic (exact) mass is 712 g/mol. The van der Waals surface area contributed by atoms with Gasteiger partial charge in [-0.25, -0.2) is 14.2 Å². The van der Waals surface area contributed by atoms with Gasteiger partial charge in [0.2, 0.25) is 0 Å². The maximum Gasteiger partial charge on any atom is 0.443 e. The molecule has 0 atom stereocenters. The average Bonchev–Trinajstić information content (AvgIpc) is 3.79. The number of carbonyl (C=O) groups is 1. The van der Waals surface area contributed by atoms with Gasteiger partial charge >= 0.3 is 11.7 Å². The lowest BCUT2D eigenvalue weighted by atomic mass is 9.76. The van der Waals surface area contributed by atoms with E-state index in [2.05, 4.69) is 10.1 Å². The molecule has 0 fully saturated rings. The minimum atomic E-state index is -1.12. The number of fused-ring (bicyclic) bond motifs is 1. The van der Waals surface area contributed by atoms with Crippen molar-refractivity contribution in [2.24, 2.45) is 0 Å². The molecule has 0 bridgehead atoms. The van der Waals surface area contributed by atoms with Crippen molar-refractivity contribution in [3.05, 3.63) is 196 Å². The number of imidazole rings is 1. The van der Waals surface area contributed by atoms with Gasteiger partial charge in [-0.2, -0.15) is 4.98 Å². The zero-order valence-corrected chi connectivity index (χ0v) is 29.8. The smallest absolute Gasteiger partial charge is 0.443 e. The lowest BCUT2D eigenvalue weighted by molar-refractivity contribution is 0.0602. The number of ether oxygens (including phenoxy) is 2. The van der Waals surface area contributed by atoms with Crippen LogP contribution in [0.25, 0.3) is 33.5 Å². The van der Waals surface area contributed by atoms with E-state index in [9.17, 15) is 9.59 Å². The summed E-state index contributed by atoms with van der Waals surface area (Å²) in [6.45, 7) is 2.72. The van der Waals surface area contributed by atoms with E-state index < -0.39 is 17.3 Å². The second-order valence-electron chi connectivity index (χ2n) is 12.7. The molecule has 2 aromatic heterocycles. The fourth-order valence-electron chi connectivity index (χ4n) is 7.37. The molecule has 0 aliphatic carbocycles. The van der Waals surface area contributed by atoms with Crippen molar-refractivity contribution < 1.29 is 18.8 Å². The van der Waals surface area contributed by atoms with Crippen LogP contribution in [0.1, 0.15) is 39.5 Å². The number of esters is 1. The predicted octanol–water partition coefficient (Wildman–Crippen LogP) is 8.59. The van der Waals surface area contributed by atoms with E-state index >= 15 is 0 Å². The van der Waals surface area contributed by atoms with Crippen LogP contribution in [0.5, 0.6) is 6.01 Å².